The topological polar surface area (TPSA) is 12.9 Å². The minimum atomic E-state index is 0.352. The summed E-state index contributed by atoms with van der Waals surface area (Å²) < 4.78 is 0.821. The molecular weight excluding hydrogens is 308 g/mol. The van der Waals surface area contributed by atoms with Gasteiger partial charge in [0.25, 0.3) is 0 Å². The number of hydrogen-bond donors (Lipinski definition) is 0. The summed E-state index contributed by atoms with van der Waals surface area (Å²) in [5.41, 5.74) is 0.676. The van der Waals surface area contributed by atoms with E-state index in [1.54, 1.807) is 12.1 Å². The average molecular weight is 311 g/mol. The molecule has 0 atom stereocenters. The van der Waals surface area contributed by atoms with Crippen molar-refractivity contribution in [2.75, 3.05) is 0 Å². The number of aromatic nitrogens is 1. The van der Waals surface area contributed by atoms with E-state index in [1.807, 2.05) is 6.07 Å². The Kier molecular flexibility index (Phi) is 2.89. The molecule has 0 saturated carbocycles. The van der Waals surface area contributed by atoms with Crippen molar-refractivity contribution >= 4 is 61.6 Å². The quantitative estimate of drug-likeness (QED) is 0.627. The highest BCUT2D eigenvalue weighted by atomic mass is 79.9. The number of hydrogen-bond acceptors (Lipinski definition) is 1. The van der Waals surface area contributed by atoms with E-state index in [9.17, 15) is 0 Å². The van der Waals surface area contributed by atoms with E-state index in [0.29, 0.717) is 26.1 Å². The van der Waals surface area contributed by atoms with Gasteiger partial charge >= 0.3 is 0 Å². The van der Waals surface area contributed by atoms with Gasteiger partial charge in [0.1, 0.15) is 5.15 Å². The van der Waals surface area contributed by atoms with Crippen LogP contribution in [0.2, 0.25) is 15.2 Å². The number of halogens is 4. The van der Waals surface area contributed by atoms with Crippen molar-refractivity contribution in [1.82, 2.24) is 4.98 Å². The molecule has 0 fully saturated rings. The lowest BCUT2D eigenvalue weighted by molar-refractivity contribution is 1.40. The van der Waals surface area contributed by atoms with Gasteiger partial charge < -0.3 is 0 Å². The van der Waals surface area contributed by atoms with Crippen molar-refractivity contribution in [3.63, 3.8) is 0 Å². The van der Waals surface area contributed by atoms with Gasteiger partial charge in [-0.3, -0.25) is 0 Å². The Morgan fingerprint density at radius 3 is 2.50 bits per heavy atom. The van der Waals surface area contributed by atoms with Crippen LogP contribution in [0.5, 0.6) is 0 Å². The molecule has 0 unspecified atom stereocenters. The van der Waals surface area contributed by atoms with Crippen LogP contribution in [-0.4, -0.2) is 4.98 Å². The van der Waals surface area contributed by atoms with E-state index < -0.39 is 0 Å². The highest BCUT2D eigenvalue weighted by molar-refractivity contribution is 9.10. The highest BCUT2D eigenvalue weighted by Gasteiger charge is 2.09. The zero-order chi connectivity index (χ0) is 10.3. The second-order valence-corrected chi connectivity index (χ2v) is 4.74. The predicted molar refractivity (Wildman–Crippen MR) is 64.5 cm³/mol. The van der Waals surface area contributed by atoms with Crippen molar-refractivity contribution in [2.45, 2.75) is 0 Å². The maximum Gasteiger partial charge on any atom is 0.131 e. The standard InChI is InChI=1S/C9H3BrCl3N/c10-4-1-2-5(11)8-6(12)3-7(13)14-9(4)8/h1-3H. The van der Waals surface area contributed by atoms with Crippen LogP contribution in [-0.2, 0) is 0 Å². The summed E-state index contributed by atoms with van der Waals surface area (Å²) in [6.45, 7) is 0. The number of fused-ring (bicyclic) bond motifs is 1. The molecule has 72 valence electrons. The summed E-state index contributed by atoms with van der Waals surface area (Å²) in [5, 5.41) is 2.14. The van der Waals surface area contributed by atoms with Gasteiger partial charge in [-0.1, -0.05) is 34.8 Å². The Morgan fingerprint density at radius 1 is 1.07 bits per heavy atom. The molecule has 1 nitrogen and oxygen atoms in total. The number of benzene rings is 1. The molecule has 2 aromatic rings. The number of pyridine rings is 1. The van der Waals surface area contributed by atoms with E-state index in [-0.39, 0.29) is 0 Å². The Labute approximate surface area is 104 Å². The van der Waals surface area contributed by atoms with Crippen molar-refractivity contribution in [2.24, 2.45) is 0 Å². The Balaban J connectivity index is 3.00. The molecule has 0 radical (unpaired) electrons. The minimum absolute atomic E-state index is 0.352. The summed E-state index contributed by atoms with van der Waals surface area (Å²) in [6.07, 6.45) is 0. The van der Waals surface area contributed by atoms with Gasteiger partial charge in [0.15, 0.2) is 0 Å². The lowest BCUT2D eigenvalue weighted by Gasteiger charge is -2.04. The summed E-state index contributed by atoms with van der Waals surface area (Å²) >= 11 is 21.2. The van der Waals surface area contributed by atoms with Crippen molar-refractivity contribution < 1.29 is 0 Å². The van der Waals surface area contributed by atoms with Crippen LogP contribution in [0, 0.1) is 0 Å². The van der Waals surface area contributed by atoms with E-state index in [1.165, 1.54) is 0 Å². The first-order valence-corrected chi connectivity index (χ1v) is 5.62. The first-order valence-electron chi connectivity index (χ1n) is 3.69. The molecular formula is C9H3BrCl3N. The fraction of sp³-hybridized carbons (Fsp3) is 0. The third-order valence-electron chi connectivity index (χ3n) is 1.78. The molecule has 5 heteroatoms. The van der Waals surface area contributed by atoms with Crippen LogP contribution in [0.25, 0.3) is 10.9 Å². The number of nitrogens with zero attached hydrogens (tertiary/aromatic N) is 1. The van der Waals surface area contributed by atoms with Gasteiger partial charge in [0, 0.05) is 9.86 Å². The molecule has 0 aliphatic carbocycles. The van der Waals surface area contributed by atoms with Gasteiger partial charge in [0.05, 0.1) is 15.6 Å². The van der Waals surface area contributed by atoms with Crippen LogP contribution in [0.1, 0.15) is 0 Å². The van der Waals surface area contributed by atoms with Crippen LogP contribution in [0.3, 0.4) is 0 Å². The first-order chi connectivity index (χ1) is 6.59. The number of rotatable bonds is 0. The lowest BCUT2D eigenvalue weighted by Crippen LogP contribution is -1.84. The molecule has 0 aliphatic heterocycles. The van der Waals surface area contributed by atoms with Crippen molar-refractivity contribution in [3.8, 4) is 0 Å². The Bertz CT molecular complexity index is 513. The Hall–Kier alpha value is -0.0200. The summed E-state index contributed by atoms with van der Waals surface area (Å²) in [7, 11) is 0. The fourth-order valence-electron chi connectivity index (χ4n) is 1.19. The summed E-state index contributed by atoms with van der Waals surface area (Å²) in [4.78, 5) is 4.15. The maximum absolute atomic E-state index is 6.01. The van der Waals surface area contributed by atoms with Crippen LogP contribution >= 0.6 is 50.7 Å². The first kappa shape index (κ1) is 10.5. The van der Waals surface area contributed by atoms with Crippen molar-refractivity contribution in [3.05, 3.63) is 37.9 Å². The molecule has 1 aromatic carbocycles. The minimum Gasteiger partial charge on any atom is -0.235 e. The largest absolute Gasteiger partial charge is 0.235 e. The SMILES string of the molecule is Clc1cc(Cl)c2c(Cl)ccc(Br)c2n1. The van der Waals surface area contributed by atoms with E-state index >= 15 is 0 Å². The summed E-state index contributed by atoms with van der Waals surface area (Å²) in [6, 6.07) is 5.14. The average Bonchev–Trinajstić information content (AvgIpc) is 2.10. The molecule has 0 spiro atoms. The molecule has 14 heavy (non-hydrogen) atoms. The van der Waals surface area contributed by atoms with Gasteiger partial charge in [-0.25, -0.2) is 4.98 Å². The molecule has 1 heterocycles. The lowest BCUT2D eigenvalue weighted by atomic mass is 10.2. The third kappa shape index (κ3) is 1.72. The fourth-order valence-corrected chi connectivity index (χ4v) is 2.46. The van der Waals surface area contributed by atoms with Gasteiger partial charge in [-0.05, 0) is 34.1 Å². The van der Waals surface area contributed by atoms with Gasteiger partial charge in [-0.15, -0.1) is 0 Å². The zero-order valence-corrected chi connectivity index (χ0v) is 10.5. The van der Waals surface area contributed by atoms with E-state index in [4.69, 9.17) is 34.8 Å². The third-order valence-corrected chi connectivity index (χ3v) is 3.23. The molecule has 0 amide bonds. The molecule has 2 rings (SSSR count). The monoisotopic (exact) mass is 309 g/mol. The smallest absolute Gasteiger partial charge is 0.131 e. The van der Waals surface area contributed by atoms with Crippen LogP contribution in [0.4, 0.5) is 0 Å². The second-order valence-electron chi connectivity index (χ2n) is 2.68. The molecule has 0 bridgehead atoms. The van der Waals surface area contributed by atoms with Gasteiger partial charge in [0.2, 0.25) is 0 Å². The molecule has 0 saturated heterocycles. The molecule has 0 N–H and O–H groups in total. The van der Waals surface area contributed by atoms with Gasteiger partial charge in [-0.2, -0.15) is 0 Å². The van der Waals surface area contributed by atoms with E-state index in [0.717, 1.165) is 4.47 Å². The summed E-state index contributed by atoms with van der Waals surface area (Å²) in [5.74, 6) is 0. The van der Waals surface area contributed by atoms with E-state index in [2.05, 4.69) is 20.9 Å². The Morgan fingerprint density at radius 2 is 1.79 bits per heavy atom. The zero-order valence-electron chi connectivity index (χ0n) is 6.69. The molecule has 0 aliphatic rings. The maximum atomic E-state index is 6.01. The predicted octanol–water partition coefficient (Wildman–Crippen LogP) is 4.96. The van der Waals surface area contributed by atoms with Crippen molar-refractivity contribution in [1.29, 1.82) is 0 Å². The van der Waals surface area contributed by atoms with Crippen LogP contribution in [0.15, 0.2) is 22.7 Å². The molecule has 1 aromatic heterocycles. The second kappa shape index (κ2) is 3.86. The normalized spacial score (nSPS) is 10.9. The van der Waals surface area contributed by atoms with Crippen LogP contribution < -0.4 is 0 Å². The highest BCUT2D eigenvalue weighted by Crippen LogP contribution is 2.34.